The van der Waals surface area contributed by atoms with E-state index in [1.807, 2.05) is 0 Å². The second-order valence-corrected chi connectivity index (χ2v) is 4.24. The minimum atomic E-state index is 0. The van der Waals surface area contributed by atoms with Gasteiger partial charge in [-0.25, -0.2) is 0 Å². The van der Waals surface area contributed by atoms with Crippen molar-refractivity contribution in [3.05, 3.63) is 59.7 Å². The maximum absolute atomic E-state index is 3.45. The summed E-state index contributed by atoms with van der Waals surface area (Å²) in [6, 6.07) is 17.3. The van der Waals surface area contributed by atoms with Gasteiger partial charge in [0, 0.05) is 6.54 Å². The van der Waals surface area contributed by atoms with E-state index in [-0.39, 0.29) is 12.4 Å². The van der Waals surface area contributed by atoms with Crippen molar-refractivity contribution in [2.75, 3.05) is 6.54 Å². The van der Waals surface area contributed by atoms with Gasteiger partial charge < -0.3 is 5.32 Å². The first-order chi connectivity index (χ1) is 7.95. The monoisotopic (exact) mass is 245 g/mol. The summed E-state index contributed by atoms with van der Waals surface area (Å²) in [5, 5.41) is 3.45. The van der Waals surface area contributed by atoms with E-state index in [1.54, 1.807) is 0 Å². The zero-order chi connectivity index (χ0) is 10.8. The van der Waals surface area contributed by atoms with Crippen molar-refractivity contribution in [3.8, 4) is 11.1 Å². The molecule has 2 aromatic rings. The summed E-state index contributed by atoms with van der Waals surface area (Å²) in [5.74, 6) is 0. The molecule has 1 nitrogen and oxygen atoms in total. The fourth-order valence-corrected chi connectivity index (χ4v) is 2.40. The molecule has 3 rings (SSSR count). The third-order valence-electron chi connectivity index (χ3n) is 3.23. The molecule has 0 amide bonds. The van der Waals surface area contributed by atoms with Crippen LogP contribution in [0.1, 0.15) is 11.1 Å². The van der Waals surface area contributed by atoms with Crippen LogP contribution in [0.4, 0.5) is 0 Å². The summed E-state index contributed by atoms with van der Waals surface area (Å²) >= 11 is 0. The Balaban J connectivity index is 0.00000108. The van der Waals surface area contributed by atoms with E-state index in [9.17, 15) is 0 Å². The molecule has 0 fully saturated rings. The molecule has 0 bridgehead atoms. The zero-order valence-electron chi connectivity index (χ0n) is 9.65. The largest absolute Gasteiger partial charge is 0.312 e. The van der Waals surface area contributed by atoms with Crippen molar-refractivity contribution >= 4 is 12.4 Å². The van der Waals surface area contributed by atoms with Crippen LogP contribution in [0.2, 0.25) is 0 Å². The number of nitrogens with one attached hydrogen (secondary N) is 1. The first kappa shape index (κ1) is 12.2. The molecule has 2 heteroatoms. The molecule has 1 aliphatic heterocycles. The van der Waals surface area contributed by atoms with Crippen LogP contribution in [0.25, 0.3) is 11.1 Å². The third-order valence-corrected chi connectivity index (χ3v) is 3.23. The van der Waals surface area contributed by atoms with Gasteiger partial charge in [-0.2, -0.15) is 0 Å². The molecule has 0 aromatic heterocycles. The van der Waals surface area contributed by atoms with Crippen molar-refractivity contribution in [2.24, 2.45) is 0 Å². The van der Waals surface area contributed by atoms with Crippen LogP contribution in [0.3, 0.4) is 0 Å². The van der Waals surface area contributed by atoms with Gasteiger partial charge in [-0.15, -0.1) is 12.4 Å². The van der Waals surface area contributed by atoms with Gasteiger partial charge in [0.25, 0.3) is 0 Å². The van der Waals surface area contributed by atoms with E-state index < -0.39 is 0 Å². The van der Waals surface area contributed by atoms with Crippen LogP contribution in [0.5, 0.6) is 0 Å². The molecular formula is C15H16ClN. The highest BCUT2D eigenvalue weighted by Gasteiger charge is 2.12. The fourth-order valence-electron chi connectivity index (χ4n) is 2.40. The number of hydrogen-bond acceptors (Lipinski definition) is 1. The molecule has 0 radical (unpaired) electrons. The molecule has 1 aliphatic rings. The van der Waals surface area contributed by atoms with Gasteiger partial charge in [0.2, 0.25) is 0 Å². The van der Waals surface area contributed by atoms with E-state index >= 15 is 0 Å². The number of hydrogen-bond donors (Lipinski definition) is 1. The Kier molecular flexibility index (Phi) is 3.82. The lowest BCUT2D eigenvalue weighted by Gasteiger charge is -2.20. The maximum Gasteiger partial charge on any atom is 0.0214 e. The van der Waals surface area contributed by atoms with Crippen molar-refractivity contribution in [2.45, 2.75) is 13.0 Å². The normalized spacial score (nSPS) is 13.6. The van der Waals surface area contributed by atoms with E-state index in [0.29, 0.717) is 0 Å². The molecule has 0 saturated heterocycles. The van der Waals surface area contributed by atoms with E-state index in [0.717, 1.165) is 19.5 Å². The van der Waals surface area contributed by atoms with Gasteiger partial charge in [-0.3, -0.25) is 0 Å². The van der Waals surface area contributed by atoms with E-state index in [1.165, 1.54) is 22.3 Å². The number of fused-ring (bicyclic) bond motifs is 1. The first-order valence-electron chi connectivity index (χ1n) is 5.82. The molecule has 0 spiro atoms. The average molecular weight is 246 g/mol. The van der Waals surface area contributed by atoms with Crippen molar-refractivity contribution in [3.63, 3.8) is 0 Å². The third kappa shape index (κ3) is 2.36. The standard InChI is InChI=1S/C15H15N.ClH/c1-2-5-12(6-3-1)14-8-4-7-13-9-10-16-11-15(13)14;/h1-8,16H,9-11H2;1H. The van der Waals surface area contributed by atoms with Crippen LogP contribution in [0.15, 0.2) is 48.5 Å². The summed E-state index contributed by atoms with van der Waals surface area (Å²) in [7, 11) is 0. The molecule has 17 heavy (non-hydrogen) atoms. The molecule has 1 N–H and O–H groups in total. The van der Waals surface area contributed by atoms with Gasteiger partial charge in [-0.1, -0.05) is 48.5 Å². The van der Waals surface area contributed by atoms with Gasteiger partial charge >= 0.3 is 0 Å². The number of halogens is 1. The van der Waals surface area contributed by atoms with Crippen LogP contribution in [-0.2, 0) is 13.0 Å². The Hall–Kier alpha value is -1.31. The first-order valence-corrected chi connectivity index (χ1v) is 5.82. The molecular weight excluding hydrogens is 230 g/mol. The predicted octanol–water partition coefficient (Wildman–Crippen LogP) is 3.42. The second kappa shape index (κ2) is 5.35. The molecule has 1 heterocycles. The van der Waals surface area contributed by atoms with Gasteiger partial charge in [-0.05, 0) is 35.2 Å². The fraction of sp³-hybridized carbons (Fsp3) is 0.200. The Morgan fingerprint density at radius 1 is 0.882 bits per heavy atom. The van der Waals surface area contributed by atoms with Crippen molar-refractivity contribution in [1.82, 2.24) is 5.32 Å². The van der Waals surface area contributed by atoms with Gasteiger partial charge in [0.05, 0.1) is 0 Å². The minimum Gasteiger partial charge on any atom is -0.312 e. The lowest BCUT2D eigenvalue weighted by atomic mass is 9.92. The number of benzene rings is 2. The molecule has 0 atom stereocenters. The molecule has 0 saturated carbocycles. The van der Waals surface area contributed by atoms with E-state index in [4.69, 9.17) is 0 Å². The average Bonchev–Trinajstić information content (AvgIpc) is 2.39. The molecule has 0 aliphatic carbocycles. The lowest BCUT2D eigenvalue weighted by molar-refractivity contribution is 0.645. The maximum atomic E-state index is 3.45. The quantitative estimate of drug-likeness (QED) is 0.812. The van der Waals surface area contributed by atoms with Crippen molar-refractivity contribution in [1.29, 1.82) is 0 Å². The molecule has 0 unspecified atom stereocenters. The summed E-state index contributed by atoms with van der Waals surface area (Å²) in [4.78, 5) is 0. The zero-order valence-corrected chi connectivity index (χ0v) is 10.5. The SMILES string of the molecule is Cl.c1ccc(-c2cccc3c2CNCC3)cc1. The molecule has 2 aromatic carbocycles. The van der Waals surface area contributed by atoms with Crippen LogP contribution < -0.4 is 5.32 Å². The van der Waals surface area contributed by atoms with Crippen molar-refractivity contribution < 1.29 is 0 Å². The van der Waals surface area contributed by atoms with Crippen LogP contribution in [-0.4, -0.2) is 6.54 Å². The summed E-state index contributed by atoms with van der Waals surface area (Å²) < 4.78 is 0. The van der Waals surface area contributed by atoms with Gasteiger partial charge in [0.1, 0.15) is 0 Å². The van der Waals surface area contributed by atoms with Crippen LogP contribution in [0, 0.1) is 0 Å². The van der Waals surface area contributed by atoms with Gasteiger partial charge in [0.15, 0.2) is 0 Å². The predicted molar refractivity (Wildman–Crippen MR) is 74.5 cm³/mol. The molecule has 88 valence electrons. The highest BCUT2D eigenvalue weighted by molar-refractivity contribution is 5.85. The Morgan fingerprint density at radius 3 is 2.53 bits per heavy atom. The Labute approximate surface area is 108 Å². The highest BCUT2D eigenvalue weighted by atomic mass is 35.5. The summed E-state index contributed by atoms with van der Waals surface area (Å²) in [6.07, 6.45) is 1.15. The Morgan fingerprint density at radius 2 is 1.71 bits per heavy atom. The van der Waals surface area contributed by atoms with Crippen LogP contribution >= 0.6 is 12.4 Å². The summed E-state index contributed by atoms with van der Waals surface area (Å²) in [6.45, 7) is 2.10. The summed E-state index contributed by atoms with van der Waals surface area (Å²) in [5.41, 5.74) is 5.67. The lowest BCUT2D eigenvalue weighted by Crippen LogP contribution is -2.24. The number of rotatable bonds is 1. The topological polar surface area (TPSA) is 12.0 Å². The Bertz CT molecular complexity index is 494. The minimum absolute atomic E-state index is 0. The highest BCUT2D eigenvalue weighted by Crippen LogP contribution is 2.27. The smallest absolute Gasteiger partial charge is 0.0214 e. The second-order valence-electron chi connectivity index (χ2n) is 4.24. The van der Waals surface area contributed by atoms with E-state index in [2.05, 4.69) is 53.8 Å².